The average Bonchev–Trinajstić information content (AvgIpc) is 3.50. The number of amides is 1. The second-order valence-electron chi connectivity index (χ2n) is 9.73. The summed E-state index contributed by atoms with van der Waals surface area (Å²) in [6, 6.07) is 3.69. The molecule has 1 aliphatic heterocycles. The summed E-state index contributed by atoms with van der Waals surface area (Å²) >= 11 is 1.47. The molecule has 10 heteroatoms. The summed E-state index contributed by atoms with van der Waals surface area (Å²) in [6.45, 7) is 4.54. The maximum atomic E-state index is 15.2. The van der Waals surface area contributed by atoms with E-state index >= 15 is 4.39 Å². The van der Waals surface area contributed by atoms with E-state index in [2.05, 4.69) is 27.1 Å². The van der Waals surface area contributed by atoms with Gasteiger partial charge in [-0.15, -0.1) is 11.3 Å². The molecule has 1 saturated heterocycles. The first-order valence-electron chi connectivity index (χ1n) is 12.2. The Morgan fingerprint density at radius 3 is 2.69 bits per heavy atom. The van der Waals surface area contributed by atoms with Crippen molar-refractivity contribution in [3.05, 3.63) is 40.8 Å². The Kier molecular flexibility index (Phi) is 6.61. The second kappa shape index (κ2) is 9.67. The lowest BCUT2D eigenvalue weighted by atomic mass is 9.94. The summed E-state index contributed by atoms with van der Waals surface area (Å²) in [4.78, 5) is 26.3. The van der Waals surface area contributed by atoms with Gasteiger partial charge in [-0.3, -0.25) is 4.79 Å². The number of nitrogens with zero attached hydrogens (tertiary/aromatic N) is 5. The normalized spacial score (nSPS) is 18.9. The quantitative estimate of drug-likeness (QED) is 0.407. The first-order chi connectivity index (χ1) is 16.8. The largest absolute Gasteiger partial charge is 0.367 e. The Morgan fingerprint density at radius 1 is 1.23 bits per heavy atom. The predicted octanol–water partition coefficient (Wildman–Crippen LogP) is 4.00. The van der Waals surface area contributed by atoms with Crippen LogP contribution in [-0.4, -0.2) is 60.5 Å². The minimum Gasteiger partial charge on any atom is -0.367 e. The van der Waals surface area contributed by atoms with Crippen LogP contribution in [0.1, 0.15) is 53.8 Å². The van der Waals surface area contributed by atoms with E-state index in [1.54, 1.807) is 31.4 Å². The Bertz CT molecular complexity index is 1240. The maximum Gasteiger partial charge on any atom is 0.263 e. The molecule has 5 rings (SSSR count). The summed E-state index contributed by atoms with van der Waals surface area (Å²) < 4.78 is 16.1. The zero-order valence-corrected chi connectivity index (χ0v) is 21.2. The molecule has 1 amide bonds. The highest BCUT2D eigenvalue weighted by Gasteiger charge is 2.29. The Morgan fingerprint density at radius 2 is 2.00 bits per heavy atom. The monoisotopic (exact) mass is 497 g/mol. The Labute approximate surface area is 208 Å². The standard InChI is InChI=1S/C25H32FN7OS/c1-15-14-32(9-8-28-15)17-10-19(26)24(30-12-17)33(27)21-11-18-20(13-29-21)35-23(25(34)31(2)3)22(18)16-6-4-5-7-16/h10-13,15-16,28H,4-9,14,27H2,1-3H3/t15-/m0/s1. The number of carbonyl (C=O) groups excluding carboxylic acids is 1. The summed E-state index contributed by atoms with van der Waals surface area (Å²) in [7, 11) is 3.55. The van der Waals surface area contributed by atoms with E-state index in [4.69, 9.17) is 5.84 Å². The smallest absolute Gasteiger partial charge is 0.263 e. The molecule has 0 unspecified atom stereocenters. The van der Waals surface area contributed by atoms with E-state index in [9.17, 15) is 4.79 Å². The number of rotatable bonds is 5. The van der Waals surface area contributed by atoms with Crippen LogP contribution in [0, 0.1) is 5.82 Å². The van der Waals surface area contributed by atoms with Gasteiger partial charge < -0.3 is 15.1 Å². The van der Waals surface area contributed by atoms with E-state index in [1.165, 1.54) is 22.4 Å². The number of piperazine rings is 1. The van der Waals surface area contributed by atoms with Crippen LogP contribution in [0.3, 0.4) is 0 Å². The number of carbonyl (C=O) groups is 1. The lowest BCUT2D eigenvalue weighted by molar-refractivity contribution is 0.0831. The molecule has 0 aromatic carbocycles. The molecule has 2 fully saturated rings. The zero-order chi connectivity index (χ0) is 24.7. The fourth-order valence-electron chi connectivity index (χ4n) is 5.17. The van der Waals surface area contributed by atoms with Crippen molar-refractivity contribution in [2.75, 3.05) is 43.6 Å². The molecule has 1 aliphatic carbocycles. The number of hydrogen-bond acceptors (Lipinski definition) is 8. The van der Waals surface area contributed by atoms with Crippen molar-refractivity contribution in [3.63, 3.8) is 0 Å². The van der Waals surface area contributed by atoms with Crippen molar-refractivity contribution in [2.24, 2.45) is 5.84 Å². The van der Waals surface area contributed by atoms with Gasteiger partial charge in [-0.05, 0) is 37.3 Å². The molecule has 3 aromatic heterocycles. The molecule has 186 valence electrons. The van der Waals surface area contributed by atoms with Crippen LogP contribution in [0.15, 0.2) is 24.5 Å². The molecular weight excluding hydrogens is 465 g/mol. The molecule has 1 saturated carbocycles. The van der Waals surface area contributed by atoms with Gasteiger partial charge in [0.2, 0.25) is 0 Å². The fraction of sp³-hybridized carbons (Fsp3) is 0.480. The van der Waals surface area contributed by atoms with Gasteiger partial charge in [-0.1, -0.05) is 12.8 Å². The van der Waals surface area contributed by atoms with Crippen LogP contribution in [0.4, 0.5) is 21.7 Å². The minimum atomic E-state index is -0.497. The maximum absolute atomic E-state index is 15.2. The topological polar surface area (TPSA) is 90.6 Å². The Hall–Kier alpha value is -2.82. The van der Waals surface area contributed by atoms with Crippen molar-refractivity contribution in [1.82, 2.24) is 20.2 Å². The van der Waals surface area contributed by atoms with Crippen LogP contribution >= 0.6 is 11.3 Å². The molecule has 35 heavy (non-hydrogen) atoms. The SMILES string of the molecule is C[C@H]1CN(c2cnc(N(N)c3cc4c(C5CCCC5)c(C(=O)N(C)C)sc4cn3)c(F)c2)CCN1. The summed E-state index contributed by atoms with van der Waals surface area (Å²) in [6.07, 6.45) is 7.83. The number of hydrazine groups is 1. The summed E-state index contributed by atoms with van der Waals surface area (Å²) in [5.41, 5.74) is 1.82. The van der Waals surface area contributed by atoms with Gasteiger partial charge in [-0.25, -0.2) is 25.2 Å². The van der Waals surface area contributed by atoms with E-state index in [1.807, 2.05) is 6.07 Å². The van der Waals surface area contributed by atoms with Gasteiger partial charge in [0.05, 0.1) is 21.5 Å². The Balaban J connectivity index is 1.50. The van der Waals surface area contributed by atoms with Crippen molar-refractivity contribution in [2.45, 2.75) is 44.6 Å². The molecule has 8 nitrogen and oxygen atoms in total. The molecular formula is C25H32FN7OS. The average molecular weight is 498 g/mol. The van der Waals surface area contributed by atoms with Crippen molar-refractivity contribution < 1.29 is 9.18 Å². The highest BCUT2D eigenvalue weighted by molar-refractivity contribution is 7.21. The van der Waals surface area contributed by atoms with Crippen LogP contribution in [0.2, 0.25) is 0 Å². The number of hydrogen-bond donors (Lipinski definition) is 2. The van der Waals surface area contributed by atoms with E-state index in [0.29, 0.717) is 17.8 Å². The van der Waals surface area contributed by atoms with Gasteiger partial charge in [0.15, 0.2) is 11.6 Å². The third-order valence-electron chi connectivity index (χ3n) is 6.98. The highest BCUT2D eigenvalue weighted by atomic mass is 32.1. The van der Waals surface area contributed by atoms with Crippen LogP contribution in [0.25, 0.3) is 10.1 Å². The summed E-state index contributed by atoms with van der Waals surface area (Å²) in [5.74, 6) is 6.61. The lowest BCUT2D eigenvalue weighted by Crippen LogP contribution is -2.49. The number of anilines is 3. The molecule has 0 spiro atoms. The first-order valence-corrected chi connectivity index (χ1v) is 13.0. The number of nitrogens with two attached hydrogens (primary N) is 1. The lowest BCUT2D eigenvalue weighted by Gasteiger charge is -2.33. The van der Waals surface area contributed by atoms with Gasteiger partial charge in [0.1, 0.15) is 5.82 Å². The third-order valence-corrected chi connectivity index (χ3v) is 8.12. The molecule has 2 aliphatic rings. The van der Waals surface area contributed by atoms with Gasteiger partial charge >= 0.3 is 0 Å². The van der Waals surface area contributed by atoms with Gasteiger partial charge in [0, 0.05) is 57.4 Å². The van der Waals surface area contributed by atoms with Crippen LogP contribution in [-0.2, 0) is 0 Å². The van der Waals surface area contributed by atoms with Crippen LogP contribution < -0.4 is 21.1 Å². The molecule has 4 heterocycles. The molecule has 0 radical (unpaired) electrons. The van der Waals surface area contributed by atoms with Crippen molar-refractivity contribution >= 4 is 44.7 Å². The predicted molar refractivity (Wildman–Crippen MR) is 139 cm³/mol. The van der Waals surface area contributed by atoms with E-state index in [0.717, 1.165) is 71.5 Å². The number of nitrogens with one attached hydrogen (secondary N) is 1. The van der Waals surface area contributed by atoms with E-state index < -0.39 is 5.82 Å². The third kappa shape index (κ3) is 4.57. The van der Waals surface area contributed by atoms with E-state index in [-0.39, 0.29) is 11.7 Å². The molecule has 0 bridgehead atoms. The zero-order valence-electron chi connectivity index (χ0n) is 20.4. The highest BCUT2D eigenvalue weighted by Crippen LogP contribution is 2.44. The van der Waals surface area contributed by atoms with Gasteiger partial charge in [-0.2, -0.15) is 0 Å². The van der Waals surface area contributed by atoms with Crippen molar-refractivity contribution in [3.8, 4) is 0 Å². The van der Waals surface area contributed by atoms with Gasteiger partial charge in [0.25, 0.3) is 5.91 Å². The van der Waals surface area contributed by atoms with Crippen molar-refractivity contribution in [1.29, 1.82) is 0 Å². The van der Waals surface area contributed by atoms with Crippen LogP contribution in [0.5, 0.6) is 0 Å². The number of halogens is 1. The number of aromatic nitrogens is 2. The molecule has 3 N–H and O–H groups in total. The second-order valence-corrected chi connectivity index (χ2v) is 10.8. The molecule has 1 atom stereocenters. The molecule has 3 aromatic rings. The number of fused-ring (bicyclic) bond motifs is 1. The number of pyridine rings is 2. The fourth-order valence-corrected chi connectivity index (χ4v) is 6.43. The number of thiophene rings is 1. The summed E-state index contributed by atoms with van der Waals surface area (Å²) in [5, 5.41) is 5.55. The first kappa shape index (κ1) is 23.9. The minimum absolute atomic E-state index is 0.00443.